The Bertz CT molecular complexity index is 742. The number of morpholine rings is 1. The van der Waals surface area contributed by atoms with Gasteiger partial charge in [0.1, 0.15) is 5.82 Å². The van der Waals surface area contributed by atoms with Crippen LogP contribution in [0, 0.1) is 5.82 Å². The second-order valence-electron chi connectivity index (χ2n) is 7.07. The average Bonchev–Trinajstić information content (AvgIpc) is 3.08. The molecule has 3 N–H and O–H groups in total. The second-order valence-corrected chi connectivity index (χ2v) is 7.07. The Morgan fingerprint density at radius 3 is 2.55 bits per heavy atom. The van der Waals surface area contributed by atoms with Gasteiger partial charge < -0.3 is 20.7 Å². The highest BCUT2D eigenvalue weighted by atomic mass is 127. The molecule has 0 bridgehead atoms. The van der Waals surface area contributed by atoms with Crippen molar-refractivity contribution >= 4 is 41.9 Å². The van der Waals surface area contributed by atoms with Crippen LogP contribution in [0.5, 0.6) is 0 Å². The van der Waals surface area contributed by atoms with E-state index in [1.807, 2.05) is 6.92 Å². The van der Waals surface area contributed by atoms with Gasteiger partial charge in [-0.05, 0) is 24.6 Å². The number of guanidine groups is 1. The lowest BCUT2D eigenvalue weighted by atomic mass is 10.0. The molecule has 11 heteroatoms. The lowest BCUT2D eigenvalue weighted by Gasteiger charge is -2.34. The van der Waals surface area contributed by atoms with Gasteiger partial charge >= 0.3 is 6.03 Å². The van der Waals surface area contributed by atoms with Gasteiger partial charge in [0, 0.05) is 32.7 Å². The molecule has 2 aliphatic rings. The predicted molar refractivity (Wildman–Crippen MR) is 126 cm³/mol. The minimum absolute atomic E-state index is 0. The number of urea groups is 1. The van der Waals surface area contributed by atoms with Crippen LogP contribution in [0.2, 0.25) is 0 Å². The van der Waals surface area contributed by atoms with Crippen molar-refractivity contribution in [2.45, 2.75) is 13.0 Å². The molecular formula is C20H30FIN6O3. The number of aliphatic imine (C=N–C) groups is 1. The summed E-state index contributed by atoms with van der Waals surface area (Å²) in [7, 11) is 0. The summed E-state index contributed by atoms with van der Waals surface area (Å²) in [5.74, 6) is 0.107. The molecule has 1 aromatic rings. The van der Waals surface area contributed by atoms with Crippen molar-refractivity contribution in [2.75, 3.05) is 59.0 Å². The lowest BCUT2D eigenvalue weighted by molar-refractivity contribution is -0.124. The summed E-state index contributed by atoms with van der Waals surface area (Å²) in [4.78, 5) is 31.5. The zero-order valence-corrected chi connectivity index (χ0v) is 19.9. The number of imide groups is 1. The van der Waals surface area contributed by atoms with E-state index in [2.05, 4.69) is 20.9 Å². The number of benzene rings is 1. The molecule has 3 amide bonds. The summed E-state index contributed by atoms with van der Waals surface area (Å²) in [6.07, 6.45) is 0. The van der Waals surface area contributed by atoms with Crippen LogP contribution >= 0.6 is 24.0 Å². The number of carbonyl (C=O) groups excluding carboxylic acids is 2. The zero-order valence-electron chi connectivity index (χ0n) is 17.6. The van der Waals surface area contributed by atoms with Crippen molar-refractivity contribution in [1.29, 1.82) is 0 Å². The van der Waals surface area contributed by atoms with Gasteiger partial charge in [-0.3, -0.25) is 19.6 Å². The molecule has 0 aromatic heterocycles. The number of ether oxygens (including phenoxy) is 1. The molecule has 172 valence electrons. The molecule has 2 fully saturated rings. The van der Waals surface area contributed by atoms with E-state index >= 15 is 0 Å². The molecule has 2 aliphatic heterocycles. The van der Waals surface area contributed by atoms with Gasteiger partial charge in [0.2, 0.25) is 5.91 Å². The Morgan fingerprint density at radius 2 is 1.94 bits per heavy atom. The van der Waals surface area contributed by atoms with E-state index in [0.29, 0.717) is 38.8 Å². The summed E-state index contributed by atoms with van der Waals surface area (Å²) in [5.41, 5.74) is 0.997. The third-order valence-corrected chi connectivity index (χ3v) is 5.07. The Morgan fingerprint density at radius 1 is 1.23 bits per heavy atom. The number of halogens is 2. The number of hydrogen-bond acceptors (Lipinski definition) is 5. The summed E-state index contributed by atoms with van der Waals surface area (Å²) in [5, 5.41) is 8.85. The maximum atomic E-state index is 13.4. The predicted octanol–water partition coefficient (Wildman–Crippen LogP) is 0.924. The number of nitrogens with zero attached hydrogens (tertiary/aromatic N) is 3. The van der Waals surface area contributed by atoms with E-state index in [9.17, 15) is 14.0 Å². The van der Waals surface area contributed by atoms with E-state index in [4.69, 9.17) is 9.73 Å². The number of hydrogen-bond donors (Lipinski definition) is 3. The van der Waals surface area contributed by atoms with Crippen LogP contribution < -0.4 is 16.0 Å². The van der Waals surface area contributed by atoms with Crippen LogP contribution in [0.1, 0.15) is 18.5 Å². The maximum Gasteiger partial charge on any atom is 0.324 e. The van der Waals surface area contributed by atoms with Gasteiger partial charge in [0.05, 0.1) is 32.3 Å². The normalized spacial score (nSPS) is 18.4. The van der Waals surface area contributed by atoms with Crippen molar-refractivity contribution in [2.24, 2.45) is 4.99 Å². The quantitative estimate of drug-likeness (QED) is 0.194. The molecule has 2 heterocycles. The van der Waals surface area contributed by atoms with E-state index in [-0.39, 0.29) is 60.9 Å². The SMILES string of the molecule is CCNC(=NCC(c1ccc(F)cc1)N1CCOCC1)NCCN1C(=O)CNC1=O.I. The standard InChI is InChI=1S/C20H29FN6O3.HI/c1-2-22-19(23-7-8-27-18(28)14-25-20(27)29)24-13-17(26-9-11-30-12-10-26)15-3-5-16(21)6-4-15;/h3-6,17H,2,7-14H2,1H3,(H,25,29)(H2,22,23,24);1H. The van der Waals surface area contributed by atoms with Gasteiger partial charge in [-0.2, -0.15) is 0 Å². The Labute approximate surface area is 198 Å². The molecule has 1 unspecified atom stereocenters. The topological polar surface area (TPSA) is 98.3 Å². The van der Waals surface area contributed by atoms with Crippen LogP contribution in [0.15, 0.2) is 29.3 Å². The molecule has 0 saturated carbocycles. The highest BCUT2D eigenvalue weighted by Crippen LogP contribution is 2.22. The highest BCUT2D eigenvalue weighted by molar-refractivity contribution is 14.0. The van der Waals surface area contributed by atoms with Crippen molar-refractivity contribution < 1.29 is 18.7 Å². The van der Waals surface area contributed by atoms with Crippen molar-refractivity contribution in [1.82, 2.24) is 25.8 Å². The largest absolute Gasteiger partial charge is 0.379 e. The second kappa shape index (κ2) is 12.8. The fourth-order valence-electron chi connectivity index (χ4n) is 3.49. The summed E-state index contributed by atoms with van der Waals surface area (Å²) < 4.78 is 18.9. The Balaban J connectivity index is 0.00000341. The Hall–Kier alpha value is -1.99. The molecule has 31 heavy (non-hydrogen) atoms. The Kier molecular flexibility index (Phi) is 10.4. The zero-order chi connectivity index (χ0) is 21.3. The monoisotopic (exact) mass is 548 g/mol. The fraction of sp³-hybridized carbons (Fsp3) is 0.550. The van der Waals surface area contributed by atoms with Crippen LogP contribution in [0.3, 0.4) is 0 Å². The molecule has 0 radical (unpaired) electrons. The molecule has 0 aliphatic carbocycles. The minimum Gasteiger partial charge on any atom is -0.379 e. The molecule has 9 nitrogen and oxygen atoms in total. The van der Waals surface area contributed by atoms with Gasteiger partial charge in [-0.25, -0.2) is 9.18 Å². The van der Waals surface area contributed by atoms with Gasteiger partial charge in [-0.1, -0.05) is 12.1 Å². The summed E-state index contributed by atoms with van der Waals surface area (Å²) >= 11 is 0. The van der Waals surface area contributed by atoms with Gasteiger partial charge in [0.15, 0.2) is 5.96 Å². The van der Waals surface area contributed by atoms with E-state index < -0.39 is 0 Å². The van der Waals surface area contributed by atoms with E-state index in [1.165, 1.54) is 17.0 Å². The number of rotatable bonds is 8. The molecule has 0 spiro atoms. The summed E-state index contributed by atoms with van der Waals surface area (Å²) in [6, 6.07) is 6.15. The lowest BCUT2D eigenvalue weighted by Crippen LogP contribution is -2.44. The van der Waals surface area contributed by atoms with Crippen LogP contribution in [-0.4, -0.2) is 86.7 Å². The number of carbonyl (C=O) groups is 2. The maximum absolute atomic E-state index is 13.4. The van der Waals surface area contributed by atoms with E-state index in [1.54, 1.807) is 12.1 Å². The highest BCUT2D eigenvalue weighted by Gasteiger charge is 2.27. The minimum atomic E-state index is -0.368. The number of nitrogens with one attached hydrogen (secondary N) is 3. The first-order valence-corrected chi connectivity index (χ1v) is 10.3. The van der Waals surface area contributed by atoms with Crippen molar-refractivity contribution in [3.63, 3.8) is 0 Å². The third kappa shape index (κ3) is 7.28. The molecule has 1 aromatic carbocycles. The van der Waals surface area contributed by atoms with Crippen LogP contribution in [0.25, 0.3) is 0 Å². The van der Waals surface area contributed by atoms with Gasteiger partial charge in [0.25, 0.3) is 0 Å². The summed E-state index contributed by atoms with van der Waals surface area (Å²) in [6.45, 7) is 6.71. The van der Waals surface area contributed by atoms with Crippen molar-refractivity contribution in [3.05, 3.63) is 35.6 Å². The molecule has 2 saturated heterocycles. The first kappa shape index (κ1) is 25.3. The molecular weight excluding hydrogens is 518 g/mol. The first-order valence-electron chi connectivity index (χ1n) is 10.3. The fourth-order valence-corrected chi connectivity index (χ4v) is 3.49. The number of amides is 3. The third-order valence-electron chi connectivity index (χ3n) is 5.07. The van der Waals surface area contributed by atoms with E-state index in [0.717, 1.165) is 18.7 Å². The van der Waals surface area contributed by atoms with Crippen molar-refractivity contribution in [3.8, 4) is 0 Å². The van der Waals surface area contributed by atoms with Crippen LogP contribution in [-0.2, 0) is 9.53 Å². The average molecular weight is 548 g/mol. The first-order chi connectivity index (χ1) is 14.6. The molecule has 3 rings (SSSR count). The molecule has 1 atom stereocenters. The smallest absolute Gasteiger partial charge is 0.324 e. The van der Waals surface area contributed by atoms with Crippen LogP contribution in [0.4, 0.5) is 9.18 Å². The van der Waals surface area contributed by atoms with Gasteiger partial charge in [-0.15, -0.1) is 24.0 Å².